The van der Waals surface area contributed by atoms with Crippen LogP contribution in [0.3, 0.4) is 0 Å². The molecular formula is C19H22O5. The lowest BCUT2D eigenvalue weighted by Crippen LogP contribution is -2.34. The molecule has 0 aliphatic heterocycles. The highest BCUT2D eigenvalue weighted by molar-refractivity contribution is 5.80. The Morgan fingerprint density at radius 3 is 2.33 bits per heavy atom. The highest BCUT2D eigenvalue weighted by Crippen LogP contribution is 2.25. The summed E-state index contributed by atoms with van der Waals surface area (Å²) in [5, 5.41) is 10.5. The Kier molecular flexibility index (Phi) is 6.35. The summed E-state index contributed by atoms with van der Waals surface area (Å²) in [7, 11) is 1.60. The molecule has 0 amide bonds. The van der Waals surface area contributed by atoms with Crippen molar-refractivity contribution >= 4 is 5.97 Å². The summed E-state index contributed by atoms with van der Waals surface area (Å²) >= 11 is 0. The predicted octanol–water partition coefficient (Wildman–Crippen LogP) is 2.66. The van der Waals surface area contributed by atoms with E-state index in [-0.39, 0.29) is 6.61 Å². The van der Waals surface area contributed by atoms with Crippen LogP contribution in [-0.4, -0.2) is 31.4 Å². The molecule has 2 aromatic rings. The Bertz CT molecular complexity index is 635. The molecular weight excluding hydrogens is 308 g/mol. The first kappa shape index (κ1) is 18.0. The van der Waals surface area contributed by atoms with E-state index < -0.39 is 11.6 Å². The van der Waals surface area contributed by atoms with E-state index >= 15 is 0 Å². The molecule has 0 spiro atoms. The van der Waals surface area contributed by atoms with E-state index in [1.165, 1.54) is 6.92 Å². The number of rotatable bonds is 8. The lowest BCUT2D eigenvalue weighted by Gasteiger charge is -2.22. The maximum absolute atomic E-state index is 12.2. The van der Waals surface area contributed by atoms with Crippen LogP contribution in [0.1, 0.15) is 18.1 Å². The van der Waals surface area contributed by atoms with E-state index in [0.717, 1.165) is 5.56 Å². The smallest absolute Gasteiger partial charge is 0.342 e. The second-order valence-electron chi connectivity index (χ2n) is 5.50. The number of carbonyl (C=O) groups excluding carboxylic acids is 1. The SMILES string of the molecule is COCCOc1ccc(C(C)(O)C(=O)OCc2ccccc2)cc1. The maximum Gasteiger partial charge on any atom is 0.342 e. The van der Waals surface area contributed by atoms with Gasteiger partial charge < -0.3 is 19.3 Å². The summed E-state index contributed by atoms with van der Waals surface area (Å²) in [6.45, 7) is 2.46. The van der Waals surface area contributed by atoms with Gasteiger partial charge in [-0.1, -0.05) is 42.5 Å². The molecule has 5 heteroatoms. The van der Waals surface area contributed by atoms with Crippen molar-refractivity contribution in [3.63, 3.8) is 0 Å². The van der Waals surface area contributed by atoms with Gasteiger partial charge in [-0.15, -0.1) is 0 Å². The summed E-state index contributed by atoms with van der Waals surface area (Å²) in [5.41, 5.74) is -0.414. The molecule has 0 saturated carbocycles. The third-order valence-electron chi connectivity index (χ3n) is 3.58. The number of carbonyl (C=O) groups is 1. The van der Waals surface area contributed by atoms with Crippen molar-refractivity contribution in [3.05, 3.63) is 65.7 Å². The fraction of sp³-hybridized carbons (Fsp3) is 0.316. The molecule has 5 nitrogen and oxygen atoms in total. The molecule has 0 aliphatic carbocycles. The third-order valence-corrected chi connectivity index (χ3v) is 3.58. The Morgan fingerprint density at radius 1 is 1.04 bits per heavy atom. The Labute approximate surface area is 141 Å². The van der Waals surface area contributed by atoms with Crippen LogP contribution in [0.2, 0.25) is 0 Å². The standard InChI is InChI=1S/C19H22O5/c1-19(21,18(20)24-14-15-6-4-3-5-7-15)16-8-10-17(11-9-16)23-13-12-22-2/h3-11,21H,12-14H2,1-2H3. The average molecular weight is 330 g/mol. The minimum atomic E-state index is -1.72. The molecule has 128 valence electrons. The minimum Gasteiger partial charge on any atom is -0.491 e. The number of methoxy groups -OCH3 is 1. The van der Waals surface area contributed by atoms with Crippen molar-refractivity contribution in [1.82, 2.24) is 0 Å². The van der Waals surface area contributed by atoms with Gasteiger partial charge in [0.15, 0.2) is 5.60 Å². The van der Waals surface area contributed by atoms with E-state index in [2.05, 4.69) is 0 Å². The molecule has 1 N–H and O–H groups in total. The van der Waals surface area contributed by atoms with E-state index in [0.29, 0.717) is 24.5 Å². The van der Waals surface area contributed by atoms with E-state index in [1.807, 2.05) is 30.3 Å². The molecule has 1 atom stereocenters. The Balaban J connectivity index is 1.96. The summed E-state index contributed by atoms with van der Waals surface area (Å²) in [4.78, 5) is 12.2. The molecule has 0 bridgehead atoms. The normalized spacial score (nSPS) is 13.1. The Hall–Kier alpha value is -2.37. The number of aliphatic hydroxyl groups is 1. The van der Waals surface area contributed by atoms with Crippen LogP contribution < -0.4 is 4.74 Å². The van der Waals surface area contributed by atoms with E-state index in [4.69, 9.17) is 14.2 Å². The largest absolute Gasteiger partial charge is 0.491 e. The number of benzene rings is 2. The highest BCUT2D eigenvalue weighted by atomic mass is 16.5. The molecule has 1 unspecified atom stereocenters. The van der Waals surface area contributed by atoms with E-state index in [9.17, 15) is 9.90 Å². The van der Waals surface area contributed by atoms with Crippen molar-refractivity contribution in [1.29, 1.82) is 0 Å². The monoisotopic (exact) mass is 330 g/mol. The molecule has 0 aromatic heterocycles. The quantitative estimate of drug-likeness (QED) is 0.595. The Morgan fingerprint density at radius 2 is 1.71 bits per heavy atom. The lowest BCUT2D eigenvalue weighted by molar-refractivity contribution is -0.166. The number of esters is 1. The first-order valence-electron chi connectivity index (χ1n) is 7.70. The average Bonchev–Trinajstić information content (AvgIpc) is 2.61. The molecule has 0 aliphatic rings. The predicted molar refractivity (Wildman–Crippen MR) is 89.6 cm³/mol. The van der Waals surface area contributed by atoms with Crippen molar-refractivity contribution in [3.8, 4) is 5.75 Å². The van der Waals surface area contributed by atoms with E-state index in [1.54, 1.807) is 31.4 Å². The van der Waals surface area contributed by atoms with Crippen LogP contribution in [-0.2, 0) is 26.5 Å². The van der Waals surface area contributed by atoms with Gasteiger partial charge in [-0.25, -0.2) is 4.79 Å². The second kappa shape index (κ2) is 8.47. The van der Waals surface area contributed by atoms with Crippen LogP contribution >= 0.6 is 0 Å². The third kappa shape index (κ3) is 4.81. The van der Waals surface area contributed by atoms with Gasteiger partial charge in [0.1, 0.15) is 19.0 Å². The van der Waals surface area contributed by atoms with Gasteiger partial charge in [-0.3, -0.25) is 0 Å². The zero-order valence-corrected chi connectivity index (χ0v) is 13.9. The first-order chi connectivity index (χ1) is 11.5. The van der Waals surface area contributed by atoms with Gasteiger partial charge in [0.25, 0.3) is 0 Å². The van der Waals surface area contributed by atoms with Gasteiger partial charge >= 0.3 is 5.97 Å². The van der Waals surface area contributed by atoms with Gasteiger partial charge in [-0.05, 0) is 30.2 Å². The van der Waals surface area contributed by atoms with Crippen LogP contribution in [0, 0.1) is 0 Å². The van der Waals surface area contributed by atoms with Crippen LogP contribution in [0.25, 0.3) is 0 Å². The van der Waals surface area contributed by atoms with Gasteiger partial charge in [-0.2, -0.15) is 0 Å². The molecule has 2 aromatic carbocycles. The number of hydrogen-bond acceptors (Lipinski definition) is 5. The fourth-order valence-electron chi connectivity index (χ4n) is 2.10. The van der Waals surface area contributed by atoms with Gasteiger partial charge in [0.2, 0.25) is 0 Å². The molecule has 0 heterocycles. The lowest BCUT2D eigenvalue weighted by atomic mass is 9.96. The van der Waals surface area contributed by atoms with Crippen LogP contribution in [0.4, 0.5) is 0 Å². The first-order valence-corrected chi connectivity index (χ1v) is 7.70. The molecule has 0 saturated heterocycles. The zero-order chi connectivity index (χ0) is 17.4. The second-order valence-corrected chi connectivity index (χ2v) is 5.50. The summed E-state index contributed by atoms with van der Waals surface area (Å²) in [5.74, 6) is -0.0522. The van der Waals surface area contributed by atoms with Crippen molar-refractivity contribution in [2.24, 2.45) is 0 Å². The van der Waals surface area contributed by atoms with Crippen LogP contribution in [0.15, 0.2) is 54.6 Å². The number of ether oxygens (including phenoxy) is 3. The zero-order valence-electron chi connectivity index (χ0n) is 13.9. The van der Waals surface area contributed by atoms with Crippen LogP contribution in [0.5, 0.6) is 5.75 Å². The molecule has 0 radical (unpaired) electrons. The van der Waals surface area contributed by atoms with Gasteiger partial charge in [0.05, 0.1) is 6.61 Å². The molecule has 0 fully saturated rings. The fourth-order valence-corrected chi connectivity index (χ4v) is 2.10. The summed E-state index contributed by atoms with van der Waals surface area (Å²) in [6.07, 6.45) is 0. The number of hydrogen-bond donors (Lipinski definition) is 1. The maximum atomic E-state index is 12.2. The highest BCUT2D eigenvalue weighted by Gasteiger charge is 2.34. The van der Waals surface area contributed by atoms with Crippen molar-refractivity contribution in [2.45, 2.75) is 19.1 Å². The summed E-state index contributed by atoms with van der Waals surface area (Å²) < 4.78 is 15.6. The van der Waals surface area contributed by atoms with Crippen molar-refractivity contribution < 1.29 is 24.1 Å². The summed E-state index contributed by atoms with van der Waals surface area (Å²) in [6, 6.07) is 16.0. The van der Waals surface area contributed by atoms with Gasteiger partial charge in [0, 0.05) is 7.11 Å². The minimum absolute atomic E-state index is 0.119. The topological polar surface area (TPSA) is 65.0 Å². The molecule has 24 heavy (non-hydrogen) atoms. The van der Waals surface area contributed by atoms with Crippen molar-refractivity contribution in [2.75, 3.05) is 20.3 Å². The molecule has 2 rings (SSSR count).